The molecule has 2 aromatic rings. The molecule has 1 fully saturated rings. The van der Waals surface area contributed by atoms with E-state index in [4.69, 9.17) is 28.4 Å². The Kier molecular flexibility index (Phi) is 62.5. The molecule has 1 saturated carbocycles. The number of rotatable bonds is 76. The van der Waals surface area contributed by atoms with Crippen molar-refractivity contribution in [2.75, 3.05) is 52.9 Å². The number of unbranched alkanes of at least 4 members (excludes halogenated alkanes) is 24. The third-order valence-electron chi connectivity index (χ3n) is 23.4. The summed E-state index contributed by atoms with van der Waals surface area (Å²) in [4.78, 5) is 0. The molecule has 0 radical (unpaired) electrons. The predicted octanol–water partition coefficient (Wildman–Crippen LogP) is 29.5. The van der Waals surface area contributed by atoms with Crippen molar-refractivity contribution in [3.63, 3.8) is 0 Å². The highest BCUT2D eigenvalue weighted by Crippen LogP contribution is 2.37. The van der Waals surface area contributed by atoms with Crippen molar-refractivity contribution in [2.24, 2.45) is 59.2 Å². The molecule has 0 aromatic heterocycles. The first kappa shape index (κ1) is 93.4. The van der Waals surface area contributed by atoms with Crippen LogP contribution in [0.1, 0.15) is 408 Å². The molecule has 0 spiro atoms. The molecular formula is C95H174O6. The van der Waals surface area contributed by atoms with E-state index in [9.17, 15) is 0 Å². The number of hydrogen-bond acceptors (Lipinski definition) is 6. The van der Waals surface area contributed by atoms with Crippen LogP contribution in [0.5, 0.6) is 0 Å². The van der Waals surface area contributed by atoms with Crippen molar-refractivity contribution in [1.29, 1.82) is 0 Å². The Labute approximate surface area is 630 Å². The van der Waals surface area contributed by atoms with Gasteiger partial charge in [0, 0.05) is 26.4 Å². The van der Waals surface area contributed by atoms with Gasteiger partial charge in [0.1, 0.15) is 12.2 Å². The molecule has 6 nitrogen and oxygen atoms in total. The van der Waals surface area contributed by atoms with E-state index in [1.807, 2.05) is 0 Å². The minimum atomic E-state index is -0.00149. The molecule has 0 N–H and O–H groups in total. The van der Waals surface area contributed by atoms with Crippen LogP contribution in [0.4, 0.5) is 0 Å². The minimum absolute atomic E-state index is 0.00149. The predicted molar refractivity (Wildman–Crippen MR) is 440 cm³/mol. The Bertz CT molecular complexity index is 1840. The van der Waals surface area contributed by atoms with Crippen LogP contribution in [-0.2, 0) is 41.6 Å². The van der Waals surface area contributed by atoms with Crippen molar-refractivity contribution in [1.82, 2.24) is 0 Å². The summed E-state index contributed by atoms with van der Waals surface area (Å²) in [5, 5.41) is 0. The lowest BCUT2D eigenvalue weighted by Crippen LogP contribution is -2.27. The summed E-state index contributed by atoms with van der Waals surface area (Å²) in [6.07, 6.45) is 71.0. The molecule has 0 bridgehead atoms. The quantitative estimate of drug-likeness (QED) is 0.0615. The molecule has 1 aliphatic rings. The van der Waals surface area contributed by atoms with Crippen molar-refractivity contribution in [2.45, 2.75) is 422 Å². The van der Waals surface area contributed by atoms with Gasteiger partial charge in [0.05, 0.1) is 39.6 Å². The molecule has 3 rings (SSSR count). The second-order valence-electron chi connectivity index (χ2n) is 35.0. The van der Waals surface area contributed by atoms with E-state index in [-0.39, 0.29) is 12.2 Å². The largest absolute Gasteiger partial charge is 0.379 e. The van der Waals surface area contributed by atoms with Crippen LogP contribution >= 0.6 is 0 Å². The molecule has 0 heterocycles. The van der Waals surface area contributed by atoms with Crippen LogP contribution in [0.2, 0.25) is 0 Å². The Balaban J connectivity index is 1.05. The van der Waals surface area contributed by atoms with Crippen molar-refractivity contribution in [3.8, 4) is 0 Å². The Morgan fingerprint density at radius 2 is 0.505 bits per heavy atom. The second kappa shape index (κ2) is 67.5. The average Bonchev–Trinajstić information content (AvgIpc) is 1.91. The van der Waals surface area contributed by atoms with Gasteiger partial charge in [0.2, 0.25) is 0 Å². The summed E-state index contributed by atoms with van der Waals surface area (Å²) in [7, 11) is 0. The maximum absolute atomic E-state index is 6.45. The fraction of sp³-hybridized carbons (Fsp3) is 0.874. The van der Waals surface area contributed by atoms with Crippen LogP contribution in [0.25, 0.3) is 0 Å². The Morgan fingerprint density at radius 3 is 0.792 bits per heavy atom. The Morgan fingerprint density at radius 1 is 0.257 bits per heavy atom. The lowest BCUT2D eigenvalue weighted by atomic mass is 9.91. The lowest BCUT2D eigenvalue weighted by molar-refractivity contribution is -0.0662. The van der Waals surface area contributed by atoms with E-state index < -0.39 is 0 Å². The topological polar surface area (TPSA) is 55.4 Å². The smallest absolute Gasteiger partial charge is 0.104 e. The summed E-state index contributed by atoms with van der Waals surface area (Å²) in [6.45, 7) is 31.1. The zero-order valence-electron chi connectivity index (χ0n) is 69.3. The molecular weight excluding hydrogens is 1240 g/mol. The van der Waals surface area contributed by atoms with E-state index >= 15 is 0 Å². The molecule has 0 saturated heterocycles. The Hall–Kier alpha value is -1.80. The van der Waals surface area contributed by atoms with Crippen molar-refractivity contribution >= 4 is 0 Å². The fourth-order valence-electron chi connectivity index (χ4n) is 16.1. The van der Waals surface area contributed by atoms with E-state index in [1.54, 1.807) is 6.42 Å². The third-order valence-corrected chi connectivity index (χ3v) is 23.4. The second-order valence-corrected chi connectivity index (χ2v) is 35.0. The zero-order valence-corrected chi connectivity index (χ0v) is 69.3. The van der Waals surface area contributed by atoms with Crippen LogP contribution in [0.3, 0.4) is 0 Å². The lowest BCUT2D eigenvalue weighted by Gasteiger charge is -2.20. The molecule has 0 aliphatic heterocycles. The molecule has 0 unspecified atom stereocenters. The SMILES string of the molecule is CC(C)CCC[C@@H](C)CCC[C@@H](C)CCC[C@@H](C)CCO[C@@H](COCCCCCCCCCCCCCCC[C@@H]1CC[C@@H](CCCCCCCCCCCCCCCOC[C@@H](COCc2ccccc2)OCC[C@H](C)CCC[C@H](C)CCC[C@H](C)CCCC(C)C)C1)COCc1ccccc1. The van der Waals surface area contributed by atoms with Gasteiger partial charge in [0.15, 0.2) is 0 Å². The number of ether oxygens (including phenoxy) is 6. The summed E-state index contributed by atoms with van der Waals surface area (Å²) in [6, 6.07) is 21.0. The van der Waals surface area contributed by atoms with E-state index in [2.05, 4.69) is 130 Å². The highest BCUT2D eigenvalue weighted by Gasteiger charge is 2.24. The van der Waals surface area contributed by atoms with Crippen LogP contribution in [0, 0.1) is 59.2 Å². The summed E-state index contributed by atoms with van der Waals surface area (Å²) >= 11 is 0. The minimum Gasteiger partial charge on any atom is -0.379 e. The van der Waals surface area contributed by atoms with Gasteiger partial charge in [-0.3, -0.25) is 0 Å². The zero-order chi connectivity index (χ0) is 72.5. The number of hydrogen-bond donors (Lipinski definition) is 0. The van der Waals surface area contributed by atoms with Gasteiger partial charge in [-0.15, -0.1) is 0 Å². The van der Waals surface area contributed by atoms with Crippen LogP contribution < -0.4 is 0 Å². The van der Waals surface area contributed by atoms with Gasteiger partial charge >= 0.3 is 0 Å². The first-order chi connectivity index (χ1) is 49.3. The normalized spacial score (nSPS) is 16.7. The highest BCUT2D eigenvalue weighted by molar-refractivity contribution is 5.14. The molecule has 1 aliphatic carbocycles. The van der Waals surface area contributed by atoms with Gasteiger partial charge in [-0.25, -0.2) is 0 Å². The summed E-state index contributed by atoms with van der Waals surface area (Å²) in [5.41, 5.74) is 2.43. The standard InChI is InChI=1S/C95H174O6/c1-82(2)49-43-51-84(5)53-45-55-86(7)57-47-59-88(9)69-73-100-94(80-98-76-92-63-37-33-38-64-92)78-96-71-41-31-27-23-19-15-11-13-17-21-25-29-35-61-90-67-68-91(75-90)62-36-30-26-22-18-14-12-16-20-24-28-32-42-72-97-79-95(81-99-77-93-65-39-34-40-66-93)101-74-70-89(10)60-48-58-87(8)56-46-54-85(6)52-44-50-83(3)4/h33-34,37-40,63-66,82-91,94-95H,11-32,35-36,41-62,67-81H2,1-10H3/t84-,85-,86-,87-,88-,89-,90-,91-,94+,95+/m1/s1. The van der Waals surface area contributed by atoms with E-state index in [0.717, 1.165) is 99.5 Å². The first-order valence-corrected chi connectivity index (χ1v) is 45.0. The average molecular weight is 1410 g/mol. The fourth-order valence-corrected chi connectivity index (χ4v) is 16.1. The molecule has 590 valence electrons. The maximum Gasteiger partial charge on any atom is 0.104 e. The van der Waals surface area contributed by atoms with Gasteiger partial charge in [0.25, 0.3) is 0 Å². The van der Waals surface area contributed by atoms with Gasteiger partial charge in [-0.05, 0) is 102 Å². The first-order valence-electron chi connectivity index (χ1n) is 45.0. The third kappa shape index (κ3) is 59.9. The summed E-state index contributed by atoms with van der Waals surface area (Å²) < 4.78 is 37.7. The molecule has 10 atom stereocenters. The van der Waals surface area contributed by atoms with E-state index in [0.29, 0.717) is 51.5 Å². The van der Waals surface area contributed by atoms with Crippen molar-refractivity contribution < 1.29 is 28.4 Å². The molecule has 6 heteroatoms. The molecule has 2 aromatic carbocycles. The number of benzene rings is 2. The summed E-state index contributed by atoms with van der Waals surface area (Å²) in [5.74, 6) is 8.63. The van der Waals surface area contributed by atoms with Crippen LogP contribution in [0.15, 0.2) is 60.7 Å². The van der Waals surface area contributed by atoms with Gasteiger partial charge in [-0.1, -0.05) is 425 Å². The van der Waals surface area contributed by atoms with Crippen LogP contribution in [-0.4, -0.2) is 65.1 Å². The van der Waals surface area contributed by atoms with Crippen molar-refractivity contribution in [3.05, 3.63) is 71.8 Å². The monoisotopic (exact) mass is 1410 g/mol. The van der Waals surface area contributed by atoms with E-state index in [1.165, 1.54) is 306 Å². The van der Waals surface area contributed by atoms with Gasteiger partial charge in [-0.2, -0.15) is 0 Å². The molecule has 0 amide bonds. The molecule has 101 heavy (non-hydrogen) atoms. The highest BCUT2D eigenvalue weighted by atomic mass is 16.6. The van der Waals surface area contributed by atoms with Gasteiger partial charge < -0.3 is 28.4 Å². The maximum atomic E-state index is 6.45.